The largest absolute Gasteiger partial charge is 0.292 e. The maximum absolute atomic E-state index is 13.8. The maximum atomic E-state index is 13.8. The molecule has 4 heteroatoms. The van der Waals surface area contributed by atoms with Gasteiger partial charge in [-0.1, -0.05) is 67.5 Å². The van der Waals surface area contributed by atoms with Gasteiger partial charge in [0.25, 0.3) is 4.46 Å². The summed E-state index contributed by atoms with van der Waals surface area (Å²) in [6, 6.07) is 8.24. The van der Waals surface area contributed by atoms with Crippen LogP contribution >= 0.6 is 23.4 Å². The average Bonchev–Trinajstić information content (AvgIpc) is 2.16. The van der Waals surface area contributed by atoms with Crippen LogP contribution in [0.25, 0.3) is 0 Å². The molecule has 0 bridgehead atoms. The summed E-state index contributed by atoms with van der Waals surface area (Å²) in [4.78, 5) is 11.7. The van der Waals surface area contributed by atoms with Gasteiger partial charge in [0, 0.05) is 10.8 Å². The number of hydrogen-bond donors (Lipinski definition) is 0. The second-order valence-corrected chi connectivity index (χ2v) is 5.86. The Labute approximate surface area is 98.0 Å². The van der Waals surface area contributed by atoms with E-state index in [4.69, 9.17) is 11.6 Å². The number of thioether (sulfide) groups is 1. The van der Waals surface area contributed by atoms with Crippen LogP contribution in [0.2, 0.25) is 0 Å². The van der Waals surface area contributed by atoms with Gasteiger partial charge in [0.1, 0.15) is 0 Å². The van der Waals surface area contributed by atoms with Crippen LogP contribution in [0, 0.1) is 0 Å². The molecule has 1 atom stereocenters. The zero-order valence-corrected chi connectivity index (χ0v) is 10.1. The van der Waals surface area contributed by atoms with Gasteiger partial charge in [-0.3, -0.25) is 4.79 Å². The first-order chi connectivity index (χ1) is 6.93. The number of rotatable bonds is 4. The van der Waals surface area contributed by atoms with Crippen LogP contribution in [0.15, 0.2) is 30.3 Å². The van der Waals surface area contributed by atoms with E-state index in [1.165, 1.54) is 0 Å². The fraction of sp³-hybridized carbons (Fsp3) is 0.364. The van der Waals surface area contributed by atoms with Gasteiger partial charge in [-0.05, 0) is 0 Å². The van der Waals surface area contributed by atoms with Crippen LogP contribution < -0.4 is 0 Å². The molecule has 0 spiro atoms. The fourth-order valence-corrected chi connectivity index (χ4v) is 2.57. The molecular formula is C11H12ClFOS. The molecule has 1 aromatic rings. The van der Waals surface area contributed by atoms with E-state index in [1.54, 1.807) is 44.2 Å². The van der Waals surface area contributed by atoms with E-state index in [0.717, 1.165) is 11.8 Å². The fourth-order valence-electron chi connectivity index (χ4n) is 1.11. The Hall–Kier alpha value is -0.540. The van der Waals surface area contributed by atoms with E-state index in [9.17, 15) is 9.18 Å². The highest BCUT2D eigenvalue weighted by molar-refractivity contribution is 8.03. The van der Waals surface area contributed by atoms with Gasteiger partial charge in [0.2, 0.25) is 5.78 Å². The van der Waals surface area contributed by atoms with Crippen molar-refractivity contribution in [1.29, 1.82) is 0 Å². The third-order valence-corrected chi connectivity index (χ3v) is 3.08. The molecule has 1 rings (SSSR count). The number of benzene rings is 1. The Balaban J connectivity index is 2.85. The molecule has 0 radical (unpaired) electrons. The van der Waals surface area contributed by atoms with Crippen LogP contribution in [0.4, 0.5) is 4.39 Å². The van der Waals surface area contributed by atoms with Crippen molar-refractivity contribution < 1.29 is 9.18 Å². The third kappa shape index (κ3) is 3.50. The van der Waals surface area contributed by atoms with E-state index in [2.05, 4.69) is 0 Å². The van der Waals surface area contributed by atoms with Gasteiger partial charge in [0.05, 0.1) is 0 Å². The zero-order valence-electron chi connectivity index (χ0n) is 8.54. The Morgan fingerprint density at radius 2 is 1.93 bits per heavy atom. The van der Waals surface area contributed by atoms with Gasteiger partial charge < -0.3 is 0 Å². The quantitative estimate of drug-likeness (QED) is 0.593. The first-order valence-corrected chi connectivity index (χ1v) is 5.84. The van der Waals surface area contributed by atoms with Crippen molar-refractivity contribution in [3.8, 4) is 0 Å². The first kappa shape index (κ1) is 12.5. The number of carbonyl (C=O) groups excluding carboxylic acids is 1. The molecule has 0 aliphatic carbocycles. The molecule has 1 nitrogen and oxygen atoms in total. The summed E-state index contributed by atoms with van der Waals surface area (Å²) in [7, 11) is 0. The lowest BCUT2D eigenvalue weighted by atomic mass is 10.1. The number of alkyl halides is 2. The molecule has 0 aliphatic rings. The topological polar surface area (TPSA) is 17.1 Å². The third-order valence-electron chi connectivity index (χ3n) is 1.68. The molecule has 0 aromatic heterocycles. The molecule has 0 fully saturated rings. The molecular weight excluding hydrogens is 235 g/mol. The Bertz CT molecular complexity index is 338. The number of carbonyl (C=O) groups is 1. The number of ketones is 1. The Kier molecular flexibility index (Phi) is 4.17. The SMILES string of the molecule is CC(C)SC(F)(Cl)C(=O)c1ccccc1. The van der Waals surface area contributed by atoms with Crippen LogP contribution in [-0.2, 0) is 0 Å². The van der Waals surface area contributed by atoms with Gasteiger partial charge in [-0.2, -0.15) is 0 Å². The van der Waals surface area contributed by atoms with Gasteiger partial charge >= 0.3 is 0 Å². The van der Waals surface area contributed by atoms with Crippen LogP contribution in [0.1, 0.15) is 24.2 Å². The van der Waals surface area contributed by atoms with Gasteiger partial charge in [-0.15, -0.1) is 0 Å². The minimum absolute atomic E-state index is 0.0415. The van der Waals surface area contributed by atoms with Crippen LogP contribution in [-0.4, -0.2) is 15.5 Å². The second kappa shape index (κ2) is 4.99. The van der Waals surface area contributed by atoms with E-state index in [1.807, 2.05) is 0 Å². The lowest BCUT2D eigenvalue weighted by molar-refractivity contribution is 0.0911. The van der Waals surface area contributed by atoms with Crippen molar-refractivity contribution in [3.63, 3.8) is 0 Å². The highest BCUT2D eigenvalue weighted by Crippen LogP contribution is 2.37. The monoisotopic (exact) mass is 246 g/mol. The second-order valence-electron chi connectivity index (χ2n) is 3.38. The van der Waals surface area contributed by atoms with Crippen molar-refractivity contribution in [1.82, 2.24) is 0 Å². The molecule has 0 amide bonds. The van der Waals surface area contributed by atoms with Crippen molar-refractivity contribution >= 4 is 29.1 Å². The van der Waals surface area contributed by atoms with Crippen molar-refractivity contribution in [3.05, 3.63) is 35.9 Å². The van der Waals surface area contributed by atoms with Crippen LogP contribution in [0.5, 0.6) is 0 Å². The summed E-state index contributed by atoms with van der Waals surface area (Å²) < 4.78 is 11.4. The molecule has 15 heavy (non-hydrogen) atoms. The average molecular weight is 247 g/mol. The Morgan fingerprint density at radius 1 is 1.40 bits per heavy atom. The lowest BCUT2D eigenvalue weighted by Crippen LogP contribution is -2.25. The van der Waals surface area contributed by atoms with E-state index < -0.39 is 10.2 Å². The number of Topliss-reactive ketones (excluding diaryl/α,β-unsaturated/α-hetero) is 1. The Morgan fingerprint density at radius 3 is 2.40 bits per heavy atom. The first-order valence-electron chi connectivity index (χ1n) is 4.59. The van der Waals surface area contributed by atoms with Crippen molar-refractivity contribution in [2.24, 2.45) is 0 Å². The minimum Gasteiger partial charge on any atom is -0.288 e. The standard InChI is InChI=1S/C11H12ClFOS/c1-8(2)15-11(12,13)10(14)9-6-4-3-5-7-9/h3-8H,1-2H3. The summed E-state index contributed by atoms with van der Waals surface area (Å²) in [6.07, 6.45) is 0. The van der Waals surface area contributed by atoms with Crippen LogP contribution in [0.3, 0.4) is 0 Å². The molecule has 1 unspecified atom stereocenters. The summed E-state index contributed by atoms with van der Waals surface area (Å²) >= 11 is 6.37. The molecule has 0 N–H and O–H groups in total. The summed E-state index contributed by atoms with van der Waals surface area (Å²) in [5.74, 6) is -0.691. The predicted octanol–water partition coefficient (Wildman–Crippen LogP) is 3.87. The molecule has 0 heterocycles. The summed E-state index contributed by atoms with van der Waals surface area (Å²) in [6.45, 7) is 3.58. The van der Waals surface area contributed by atoms with E-state index in [-0.39, 0.29) is 5.25 Å². The summed E-state index contributed by atoms with van der Waals surface area (Å²) in [5, 5.41) is -0.0415. The lowest BCUT2D eigenvalue weighted by Gasteiger charge is -2.17. The number of hydrogen-bond acceptors (Lipinski definition) is 2. The summed E-state index contributed by atoms with van der Waals surface area (Å²) in [5.41, 5.74) is 0.295. The minimum atomic E-state index is -2.37. The molecule has 82 valence electrons. The maximum Gasteiger partial charge on any atom is 0.292 e. The number of halogens is 2. The molecule has 0 saturated carbocycles. The van der Waals surface area contributed by atoms with E-state index in [0.29, 0.717) is 5.56 Å². The molecule has 0 aliphatic heterocycles. The highest BCUT2D eigenvalue weighted by atomic mass is 35.5. The van der Waals surface area contributed by atoms with Gasteiger partial charge in [-0.25, -0.2) is 4.39 Å². The van der Waals surface area contributed by atoms with Gasteiger partial charge in [0.15, 0.2) is 0 Å². The molecule has 0 saturated heterocycles. The van der Waals surface area contributed by atoms with Crippen molar-refractivity contribution in [2.75, 3.05) is 0 Å². The normalized spacial score (nSPS) is 15.0. The highest BCUT2D eigenvalue weighted by Gasteiger charge is 2.38. The van der Waals surface area contributed by atoms with Crippen molar-refractivity contribution in [2.45, 2.75) is 23.6 Å². The zero-order chi connectivity index (χ0) is 11.5. The smallest absolute Gasteiger partial charge is 0.288 e. The van der Waals surface area contributed by atoms with E-state index >= 15 is 0 Å². The molecule has 1 aromatic carbocycles. The predicted molar refractivity (Wildman–Crippen MR) is 63.2 cm³/mol.